The van der Waals surface area contributed by atoms with Crippen molar-refractivity contribution in [3.8, 4) is 0 Å². The van der Waals surface area contributed by atoms with Gasteiger partial charge in [0, 0.05) is 25.4 Å². The van der Waals surface area contributed by atoms with Crippen LogP contribution in [-0.4, -0.2) is 36.3 Å². The van der Waals surface area contributed by atoms with E-state index in [4.69, 9.17) is 0 Å². The third-order valence-electron chi connectivity index (χ3n) is 3.32. The highest BCUT2D eigenvalue weighted by molar-refractivity contribution is 5.97. The normalized spacial score (nSPS) is 24.5. The van der Waals surface area contributed by atoms with Gasteiger partial charge in [-0.05, 0) is 32.2 Å². The van der Waals surface area contributed by atoms with E-state index in [2.05, 4.69) is 5.32 Å². The Labute approximate surface area is 90.0 Å². The van der Waals surface area contributed by atoms with Crippen molar-refractivity contribution < 1.29 is 9.59 Å². The Balaban J connectivity index is 1.95. The molecule has 15 heavy (non-hydrogen) atoms. The van der Waals surface area contributed by atoms with E-state index in [1.165, 1.54) is 17.7 Å². The molecular weight excluding hydrogens is 192 g/mol. The molecule has 1 unspecified atom stereocenters. The number of likely N-dealkylation sites (N-methyl/N-ethyl adjacent to an activating group) is 1. The highest BCUT2D eigenvalue weighted by Gasteiger charge is 2.35. The predicted molar refractivity (Wildman–Crippen MR) is 56.1 cm³/mol. The van der Waals surface area contributed by atoms with Gasteiger partial charge < -0.3 is 5.32 Å². The summed E-state index contributed by atoms with van der Waals surface area (Å²) in [4.78, 5) is 24.6. The lowest BCUT2D eigenvalue weighted by molar-refractivity contribution is -0.148. The Morgan fingerprint density at radius 3 is 2.40 bits per heavy atom. The molecule has 2 aliphatic rings. The van der Waals surface area contributed by atoms with Gasteiger partial charge in [-0.15, -0.1) is 0 Å². The molecule has 4 heteroatoms. The van der Waals surface area contributed by atoms with E-state index in [0.29, 0.717) is 31.3 Å². The smallest absolute Gasteiger partial charge is 0.229 e. The maximum Gasteiger partial charge on any atom is 0.229 e. The highest BCUT2D eigenvalue weighted by Crippen LogP contribution is 2.33. The minimum atomic E-state index is 0.00662. The average molecular weight is 210 g/mol. The molecule has 0 aromatic rings. The number of carbonyl (C=O) groups is 2. The van der Waals surface area contributed by atoms with Crippen LogP contribution in [0.2, 0.25) is 0 Å². The van der Waals surface area contributed by atoms with Crippen LogP contribution >= 0.6 is 0 Å². The van der Waals surface area contributed by atoms with Crippen LogP contribution in [0.3, 0.4) is 0 Å². The number of amides is 2. The van der Waals surface area contributed by atoms with Crippen LogP contribution in [0.4, 0.5) is 0 Å². The van der Waals surface area contributed by atoms with Crippen molar-refractivity contribution in [2.75, 3.05) is 13.6 Å². The Morgan fingerprint density at radius 1 is 1.33 bits per heavy atom. The molecule has 2 rings (SSSR count). The summed E-state index contributed by atoms with van der Waals surface area (Å²) < 4.78 is 0. The summed E-state index contributed by atoms with van der Waals surface area (Å²) >= 11 is 0. The third kappa shape index (κ3) is 2.37. The molecule has 4 nitrogen and oxygen atoms in total. The maximum absolute atomic E-state index is 11.6. The van der Waals surface area contributed by atoms with E-state index >= 15 is 0 Å². The average Bonchev–Trinajstić information content (AvgIpc) is 3.01. The fourth-order valence-corrected chi connectivity index (χ4v) is 2.17. The van der Waals surface area contributed by atoms with Crippen LogP contribution in [0.1, 0.15) is 32.1 Å². The molecule has 1 saturated heterocycles. The third-order valence-corrected chi connectivity index (χ3v) is 3.32. The van der Waals surface area contributed by atoms with Crippen molar-refractivity contribution in [2.45, 2.75) is 38.1 Å². The quantitative estimate of drug-likeness (QED) is 0.688. The first-order chi connectivity index (χ1) is 7.22. The summed E-state index contributed by atoms with van der Waals surface area (Å²) in [6.45, 7) is 0.568. The number of imide groups is 1. The van der Waals surface area contributed by atoms with Gasteiger partial charge >= 0.3 is 0 Å². The fourth-order valence-electron chi connectivity index (χ4n) is 2.17. The fraction of sp³-hybridized carbons (Fsp3) is 0.818. The summed E-state index contributed by atoms with van der Waals surface area (Å²) in [5.41, 5.74) is 0. The summed E-state index contributed by atoms with van der Waals surface area (Å²) in [5, 5.41) is 3.21. The summed E-state index contributed by atoms with van der Waals surface area (Å²) in [6, 6.07) is 0.302. The van der Waals surface area contributed by atoms with E-state index in [9.17, 15) is 9.59 Å². The topological polar surface area (TPSA) is 49.4 Å². The molecule has 0 spiro atoms. The zero-order chi connectivity index (χ0) is 10.8. The van der Waals surface area contributed by atoms with Crippen LogP contribution in [0.5, 0.6) is 0 Å². The molecule has 1 aliphatic carbocycles. The van der Waals surface area contributed by atoms with Crippen LogP contribution < -0.4 is 5.32 Å². The predicted octanol–water partition coefficient (Wildman–Crippen LogP) is 0.523. The number of hydrogen-bond acceptors (Lipinski definition) is 3. The molecule has 1 saturated carbocycles. The van der Waals surface area contributed by atoms with E-state index in [-0.39, 0.29) is 11.8 Å². The number of rotatable bonds is 4. The zero-order valence-electron chi connectivity index (χ0n) is 9.16. The van der Waals surface area contributed by atoms with Crippen molar-refractivity contribution >= 4 is 11.8 Å². The molecule has 1 atom stereocenters. The number of piperidine rings is 1. The number of likely N-dealkylation sites (tertiary alicyclic amines) is 1. The summed E-state index contributed by atoms with van der Waals surface area (Å²) in [6.07, 6.45) is 4.24. The van der Waals surface area contributed by atoms with Crippen LogP contribution in [0, 0.1) is 5.92 Å². The monoisotopic (exact) mass is 210 g/mol. The molecule has 1 N–H and O–H groups in total. The number of nitrogens with one attached hydrogen (secondary N) is 1. The molecule has 84 valence electrons. The van der Waals surface area contributed by atoms with Gasteiger partial charge in [0.05, 0.1) is 0 Å². The van der Waals surface area contributed by atoms with E-state index < -0.39 is 0 Å². The van der Waals surface area contributed by atoms with E-state index in [1.807, 2.05) is 7.05 Å². The molecule has 0 bridgehead atoms. The largest absolute Gasteiger partial charge is 0.315 e. The highest BCUT2D eigenvalue weighted by atomic mass is 16.2. The van der Waals surface area contributed by atoms with Gasteiger partial charge in [0.1, 0.15) is 0 Å². The van der Waals surface area contributed by atoms with E-state index in [1.54, 1.807) is 0 Å². The molecule has 1 heterocycles. The number of nitrogens with zero attached hydrogens (tertiary/aromatic N) is 1. The van der Waals surface area contributed by atoms with Crippen molar-refractivity contribution in [3.63, 3.8) is 0 Å². The summed E-state index contributed by atoms with van der Waals surface area (Å²) in [5.74, 6) is 0.678. The summed E-state index contributed by atoms with van der Waals surface area (Å²) in [7, 11) is 1.90. The standard InChI is InChI=1S/C11H18N2O2/c1-12-9(8-5-6-8)7-13-10(14)3-2-4-11(13)15/h8-9,12H,2-7H2,1H3. The Bertz CT molecular complexity index is 258. The number of carbonyl (C=O) groups excluding carboxylic acids is 2. The van der Waals surface area contributed by atoms with Gasteiger partial charge in [0.2, 0.25) is 11.8 Å². The van der Waals surface area contributed by atoms with Gasteiger partial charge in [-0.1, -0.05) is 0 Å². The van der Waals surface area contributed by atoms with Gasteiger partial charge in [0.25, 0.3) is 0 Å². The Morgan fingerprint density at radius 2 is 1.93 bits per heavy atom. The molecule has 0 aromatic carbocycles. The van der Waals surface area contributed by atoms with Gasteiger partial charge in [-0.2, -0.15) is 0 Å². The lowest BCUT2D eigenvalue weighted by Crippen LogP contribution is -2.48. The molecular formula is C11H18N2O2. The second-order valence-corrected chi connectivity index (χ2v) is 4.48. The Hall–Kier alpha value is -0.900. The lowest BCUT2D eigenvalue weighted by atomic mass is 10.1. The van der Waals surface area contributed by atoms with Crippen molar-refractivity contribution in [2.24, 2.45) is 5.92 Å². The zero-order valence-corrected chi connectivity index (χ0v) is 9.16. The van der Waals surface area contributed by atoms with Crippen molar-refractivity contribution in [1.29, 1.82) is 0 Å². The van der Waals surface area contributed by atoms with Crippen molar-refractivity contribution in [1.82, 2.24) is 10.2 Å². The van der Waals surface area contributed by atoms with Gasteiger partial charge in [0.15, 0.2) is 0 Å². The van der Waals surface area contributed by atoms with E-state index in [0.717, 1.165) is 6.42 Å². The van der Waals surface area contributed by atoms with Crippen molar-refractivity contribution in [3.05, 3.63) is 0 Å². The second kappa shape index (κ2) is 4.31. The van der Waals surface area contributed by atoms with Gasteiger partial charge in [-0.25, -0.2) is 0 Å². The molecule has 0 radical (unpaired) electrons. The first-order valence-electron chi connectivity index (χ1n) is 5.73. The number of hydrogen-bond donors (Lipinski definition) is 1. The molecule has 1 aliphatic heterocycles. The molecule has 2 fully saturated rings. The first kappa shape index (κ1) is 10.6. The second-order valence-electron chi connectivity index (χ2n) is 4.48. The maximum atomic E-state index is 11.6. The van der Waals surface area contributed by atoms with Crippen LogP contribution in [0.25, 0.3) is 0 Å². The first-order valence-corrected chi connectivity index (χ1v) is 5.73. The van der Waals surface area contributed by atoms with Gasteiger partial charge in [-0.3, -0.25) is 14.5 Å². The molecule has 2 amide bonds. The SMILES string of the molecule is CNC(CN1C(=O)CCCC1=O)C1CC1. The van der Waals surface area contributed by atoms with Crippen LogP contribution in [0.15, 0.2) is 0 Å². The lowest BCUT2D eigenvalue weighted by Gasteiger charge is -2.28. The minimum Gasteiger partial charge on any atom is -0.315 e. The molecule has 0 aromatic heterocycles. The Kier molecular flexibility index (Phi) is 3.05. The minimum absolute atomic E-state index is 0.00662. The van der Waals surface area contributed by atoms with Crippen LogP contribution in [-0.2, 0) is 9.59 Å².